The largest absolute Gasteiger partial charge is 0.288 e. The molecular formula is C15H21ClN4. The Morgan fingerprint density at radius 2 is 1.95 bits per heavy atom. The summed E-state index contributed by atoms with van der Waals surface area (Å²) in [5, 5.41) is 0.510. The number of rotatable bonds is 3. The lowest BCUT2D eigenvalue weighted by atomic mass is 9.95. The van der Waals surface area contributed by atoms with E-state index < -0.39 is 0 Å². The van der Waals surface area contributed by atoms with Crippen LogP contribution in [0, 0.1) is 6.92 Å². The molecule has 2 aromatic rings. The van der Waals surface area contributed by atoms with Crippen LogP contribution in [0.25, 0.3) is 5.82 Å². The van der Waals surface area contributed by atoms with E-state index in [2.05, 4.69) is 37.7 Å². The van der Waals surface area contributed by atoms with Gasteiger partial charge < -0.3 is 0 Å². The highest BCUT2D eigenvalue weighted by molar-refractivity contribution is 6.30. The van der Waals surface area contributed by atoms with Crippen LogP contribution < -0.4 is 0 Å². The number of aryl methyl sites for hydroxylation is 1. The van der Waals surface area contributed by atoms with E-state index >= 15 is 0 Å². The highest BCUT2D eigenvalue weighted by Crippen LogP contribution is 2.26. The minimum absolute atomic E-state index is 0.141. The van der Waals surface area contributed by atoms with E-state index in [9.17, 15) is 0 Å². The Morgan fingerprint density at radius 1 is 1.25 bits per heavy atom. The normalized spacial score (nSPS) is 11.9. The molecule has 5 heteroatoms. The van der Waals surface area contributed by atoms with Crippen molar-refractivity contribution in [1.82, 2.24) is 19.5 Å². The molecule has 0 atom stereocenters. The van der Waals surface area contributed by atoms with Gasteiger partial charge in [0.2, 0.25) is 0 Å². The maximum absolute atomic E-state index is 6.29. The monoisotopic (exact) mass is 292 g/mol. The molecule has 0 N–H and O–H groups in total. The third-order valence-electron chi connectivity index (χ3n) is 3.15. The molecule has 0 radical (unpaired) electrons. The van der Waals surface area contributed by atoms with E-state index in [0.29, 0.717) is 5.15 Å². The van der Waals surface area contributed by atoms with Crippen LogP contribution in [-0.4, -0.2) is 19.5 Å². The first-order valence-corrected chi connectivity index (χ1v) is 7.29. The Morgan fingerprint density at radius 3 is 2.55 bits per heavy atom. The second kappa shape index (κ2) is 5.52. The van der Waals surface area contributed by atoms with Crippen LogP contribution in [0.5, 0.6) is 0 Å². The van der Waals surface area contributed by atoms with E-state index in [0.717, 1.165) is 35.9 Å². The van der Waals surface area contributed by atoms with E-state index in [4.69, 9.17) is 16.6 Å². The van der Waals surface area contributed by atoms with Gasteiger partial charge in [0, 0.05) is 29.8 Å². The van der Waals surface area contributed by atoms with Crippen molar-refractivity contribution in [2.75, 3.05) is 0 Å². The van der Waals surface area contributed by atoms with Crippen molar-refractivity contribution in [2.45, 2.75) is 52.9 Å². The van der Waals surface area contributed by atoms with Crippen molar-refractivity contribution in [3.05, 3.63) is 34.8 Å². The van der Waals surface area contributed by atoms with Crippen molar-refractivity contribution in [3.63, 3.8) is 0 Å². The smallest absolute Gasteiger partial charge is 0.146 e. The summed E-state index contributed by atoms with van der Waals surface area (Å²) in [6.07, 6.45) is 5.69. The Labute approximate surface area is 125 Å². The molecule has 2 rings (SSSR count). The van der Waals surface area contributed by atoms with E-state index in [1.807, 2.05) is 17.7 Å². The Balaban J connectivity index is 2.61. The van der Waals surface area contributed by atoms with Gasteiger partial charge in [-0.15, -0.1) is 0 Å². The molecule has 4 nitrogen and oxygen atoms in total. The number of imidazole rings is 1. The molecule has 0 saturated heterocycles. The van der Waals surface area contributed by atoms with Crippen LogP contribution in [0.15, 0.2) is 12.4 Å². The molecule has 0 saturated carbocycles. The first-order valence-electron chi connectivity index (χ1n) is 6.91. The van der Waals surface area contributed by atoms with Crippen molar-refractivity contribution in [2.24, 2.45) is 0 Å². The molecule has 0 amide bonds. The van der Waals surface area contributed by atoms with Crippen LogP contribution in [0.3, 0.4) is 0 Å². The molecule has 108 valence electrons. The second-order valence-corrected chi connectivity index (χ2v) is 6.36. The zero-order valence-electron chi connectivity index (χ0n) is 12.7. The van der Waals surface area contributed by atoms with Crippen LogP contribution in [0.4, 0.5) is 0 Å². The predicted octanol–water partition coefficient (Wildman–Crippen LogP) is 3.87. The molecule has 0 aliphatic heterocycles. The zero-order valence-corrected chi connectivity index (χ0v) is 13.5. The second-order valence-electron chi connectivity index (χ2n) is 6.00. The number of hydrogen-bond acceptors (Lipinski definition) is 3. The van der Waals surface area contributed by atoms with Gasteiger partial charge in [-0.2, -0.15) is 0 Å². The molecule has 2 heterocycles. The Hall–Kier alpha value is -1.42. The summed E-state index contributed by atoms with van der Waals surface area (Å²) in [6.45, 7) is 10.3. The first-order chi connectivity index (χ1) is 9.34. The molecule has 0 bridgehead atoms. The van der Waals surface area contributed by atoms with E-state index in [1.54, 1.807) is 6.20 Å². The highest BCUT2D eigenvalue weighted by Gasteiger charge is 2.21. The molecule has 0 unspecified atom stereocenters. The summed E-state index contributed by atoms with van der Waals surface area (Å²) in [7, 11) is 0. The SMILES string of the molecule is CCCc1nccn1-c1nc(C(C)(C)C)nc(Cl)c1C. The van der Waals surface area contributed by atoms with Crippen LogP contribution >= 0.6 is 11.6 Å². The number of hydrogen-bond donors (Lipinski definition) is 0. The Kier molecular flexibility index (Phi) is 4.14. The van der Waals surface area contributed by atoms with Gasteiger partial charge in [-0.05, 0) is 13.3 Å². The van der Waals surface area contributed by atoms with Gasteiger partial charge in [-0.1, -0.05) is 39.3 Å². The van der Waals surface area contributed by atoms with Crippen molar-refractivity contribution < 1.29 is 0 Å². The van der Waals surface area contributed by atoms with Crippen molar-refractivity contribution in [3.8, 4) is 5.82 Å². The zero-order chi connectivity index (χ0) is 14.9. The first kappa shape index (κ1) is 15.0. The van der Waals surface area contributed by atoms with Gasteiger partial charge in [0.1, 0.15) is 22.6 Å². The summed E-state index contributed by atoms with van der Waals surface area (Å²) in [5.74, 6) is 2.58. The van der Waals surface area contributed by atoms with Crippen molar-refractivity contribution >= 4 is 11.6 Å². The van der Waals surface area contributed by atoms with Gasteiger partial charge in [-0.3, -0.25) is 4.57 Å². The number of halogens is 1. The van der Waals surface area contributed by atoms with Gasteiger partial charge in [0.25, 0.3) is 0 Å². The molecule has 0 aliphatic rings. The third kappa shape index (κ3) is 2.85. The molecule has 2 aromatic heterocycles. The van der Waals surface area contributed by atoms with Gasteiger partial charge >= 0.3 is 0 Å². The molecule has 0 spiro atoms. The summed E-state index contributed by atoms with van der Waals surface area (Å²) in [4.78, 5) is 13.5. The lowest BCUT2D eigenvalue weighted by molar-refractivity contribution is 0.542. The summed E-state index contributed by atoms with van der Waals surface area (Å²) in [5.41, 5.74) is 0.743. The molecule has 0 fully saturated rings. The summed E-state index contributed by atoms with van der Waals surface area (Å²) in [6, 6.07) is 0. The van der Waals surface area contributed by atoms with Crippen LogP contribution in [0.2, 0.25) is 5.15 Å². The molecule has 0 aliphatic carbocycles. The summed E-state index contributed by atoms with van der Waals surface area (Å²) >= 11 is 6.29. The van der Waals surface area contributed by atoms with Gasteiger partial charge in [-0.25, -0.2) is 15.0 Å². The number of aromatic nitrogens is 4. The topological polar surface area (TPSA) is 43.6 Å². The highest BCUT2D eigenvalue weighted by atomic mass is 35.5. The van der Waals surface area contributed by atoms with Crippen molar-refractivity contribution in [1.29, 1.82) is 0 Å². The average molecular weight is 293 g/mol. The number of nitrogens with zero attached hydrogens (tertiary/aromatic N) is 4. The van der Waals surface area contributed by atoms with E-state index in [-0.39, 0.29) is 5.41 Å². The lowest BCUT2D eigenvalue weighted by Gasteiger charge is -2.19. The quantitative estimate of drug-likeness (QED) is 0.807. The maximum Gasteiger partial charge on any atom is 0.146 e. The fraction of sp³-hybridized carbons (Fsp3) is 0.533. The fourth-order valence-corrected chi connectivity index (χ4v) is 2.15. The molecule has 20 heavy (non-hydrogen) atoms. The van der Waals surface area contributed by atoms with Gasteiger partial charge in [0.05, 0.1) is 0 Å². The third-order valence-corrected chi connectivity index (χ3v) is 3.52. The predicted molar refractivity (Wildman–Crippen MR) is 81.6 cm³/mol. The Bertz CT molecular complexity index is 611. The van der Waals surface area contributed by atoms with E-state index in [1.165, 1.54) is 0 Å². The van der Waals surface area contributed by atoms with Crippen LogP contribution in [0.1, 0.15) is 51.3 Å². The standard InChI is InChI=1S/C15H21ClN4/c1-6-7-11-17-8-9-20(11)13-10(2)12(16)18-14(19-13)15(3,4)5/h8-9H,6-7H2,1-5H3. The lowest BCUT2D eigenvalue weighted by Crippen LogP contribution is -2.19. The summed E-state index contributed by atoms with van der Waals surface area (Å²) < 4.78 is 2.02. The molecular weight excluding hydrogens is 272 g/mol. The minimum atomic E-state index is -0.141. The molecule has 0 aromatic carbocycles. The fourth-order valence-electron chi connectivity index (χ4n) is 1.98. The average Bonchev–Trinajstić information content (AvgIpc) is 2.80. The maximum atomic E-state index is 6.29. The van der Waals surface area contributed by atoms with Crippen LogP contribution in [-0.2, 0) is 11.8 Å². The van der Waals surface area contributed by atoms with Gasteiger partial charge in [0.15, 0.2) is 0 Å². The minimum Gasteiger partial charge on any atom is -0.288 e.